The molecule has 6 nitrogen and oxygen atoms in total. The second-order valence-corrected chi connectivity index (χ2v) is 6.81. The van der Waals surface area contributed by atoms with Gasteiger partial charge >= 0.3 is 0 Å². The molecule has 0 spiro atoms. The van der Waals surface area contributed by atoms with Crippen LogP contribution in [0.1, 0.15) is 39.2 Å². The summed E-state index contributed by atoms with van der Waals surface area (Å²) in [5, 5.41) is 3.35. The lowest BCUT2D eigenvalue weighted by molar-refractivity contribution is 0.115. The molecule has 0 unspecified atom stereocenters. The summed E-state index contributed by atoms with van der Waals surface area (Å²) in [6.45, 7) is 12.3. The Morgan fingerprint density at radius 2 is 2.00 bits per heavy atom. The van der Waals surface area contributed by atoms with Crippen LogP contribution in [0.25, 0.3) is 0 Å². The third-order valence-electron chi connectivity index (χ3n) is 4.63. The van der Waals surface area contributed by atoms with Gasteiger partial charge in [-0.05, 0) is 51.2 Å². The quantitative estimate of drug-likeness (QED) is 0.224. The monoisotopic (exact) mass is 489 g/mol. The molecule has 0 aliphatic heterocycles. The smallest absolute Gasteiger partial charge is 0.194 e. The van der Waals surface area contributed by atoms with Crippen LogP contribution in [0.2, 0.25) is 0 Å². The fourth-order valence-corrected chi connectivity index (χ4v) is 2.72. The normalized spacial score (nSPS) is 13.9. The van der Waals surface area contributed by atoms with Crippen molar-refractivity contribution in [2.45, 2.75) is 40.2 Å². The molecule has 154 valence electrons. The molecule has 0 aromatic carbocycles. The van der Waals surface area contributed by atoms with Crippen LogP contribution in [0, 0.1) is 5.92 Å². The molecule has 0 saturated heterocycles. The molecule has 7 heteroatoms. The largest absolute Gasteiger partial charge is 0.379 e. The highest BCUT2D eigenvalue weighted by Gasteiger charge is 2.21. The summed E-state index contributed by atoms with van der Waals surface area (Å²) in [7, 11) is 2.06. The Labute approximate surface area is 181 Å². The summed E-state index contributed by atoms with van der Waals surface area (Å²) < 4.78 is 5.74. The van der Waals surface area contributed by atoms with Gasteiger partial charge in [-0.3, -0.25) is 0 Å². The van der Waals surface area contributed by atoms with Crippen molar-refractivity contribution >= 4 is 35.8 Å². The molecular formula is C20H36IN5O. The van der Waals surface area contributed by atoms with Gasteiger partial charge in [-0.1, -0.05) is 6.07 Å². The summed E-state index contributed by atoms with van der Waals surface area (Å²) in [6, 6.07) is 4.20. The van der Waals surface area contributed by atoms with E-state index in [1.165, 1.54) is 12.8 Å². The highest BCUT2D eigenvalue weighted by Crippen LogP contribution is 2.28. The van der Waals surface area contributed by atoms with Gasteiger partial charge in [-0.2, -0.15) is 0 Å². The van der Waals surface area contributed by atoms with Crippen LogP contribution in [0.15, 0.2) is 23.3 Å². The number of anilines is 1. The van der Waals surface area contributed by atoms with Crippen LogP contribution in [0.4, 0.5) is 5.82 Å². The number of hydrogen-bond acceptors (Lipinski definition) is 4. The van der Waals surface area contributed by atoms with E-state index in [2.05, 4.69) is 60.1 Å². The van der Waals surface area contributed by atoms with E-state index >= 15 is 0 Å². The third kappa shape index (κ3) is 8.64. The highest BCUT2D eigenvalue weighted by molar-refractivity contribution is 14.0. The van der Waals surface area contributed by atoms with Gasteiger partial charge in [0.1, 0.15) is 5.82 Å². The molecule has 2 rings (SSSR count). The average Bonchev–Trinajstić information content (AvgIpc) is 3.48. The number of aromatic nitrogens is 1. The molecule has 27 heavy (non-hydrogen) atoms. The second-order valence-electron chi connectivity index (χ2n) is 6.81. The van der Waals surface area contributed by atoms with Crippen LogP contribution in [-0.2, 0) is 11.3 Å². The number of pyridine rings is 1. The number of likely N-dealkylation sites (N-methyl/N-ethyl adjacent to an activating group) is 1. The van der Waals surface area contributed by atoms with Crippen molar-refractivity contribution in [2.75, 3.05) is 51.3 Å². The number of guanidine groups is 1. The van der Waals surface area contributed by atoms with Gasteiger partial charge in [0.15, 0.2) is 5.96 Å². The Bertz CT molecular complexity index is 544. The van der Waals surface area contributed by atoms with E-state index in [1.54, 1.807) is 0 Å². The molecule has 0 radical (unpaired) electrons. The number of rotatable bonds is 11. The third-order valence-corrected chi connectivity index (χ3v) is 4.63. The molecule has 1 aliphatic rings. The summed E-state index contributed by atoms with van der Waals surface area (Å²) in [5.41, 5.74) is 1.12. The molecule has 1 aliphatic carbocycles. The Morgan fingerprint density at radius 3 is 2.56 bits per heavy atom. The van der Waals surface area contributed by atoms with Gasteiger partial charge in [0.05, 0.1) is 13.2 Å². The van der Waals surface area contributed by atoms with Crippen LogP contribution in [0.5, 0.6) is 0 Å². The molecule has 1 aromatic rings. The summed E-state index contributed by atoms with van der Waals surface area (Å²) in [6.07, 6.45) is 4.60. The van der Waals surface area contributed by atoms with Gasteiger partial charge in [0.25, 0.3) is 0 Å². The standard InChI is InChI=1S/C20H35N5O.HI/c1-5-21-20(24(4)12-13-26-16-17-8-9-17)23-15-18-10-11-19(22-14-18)25(6-2)7-3;/h10-11,14,17H,5-9,12-13,15-16H2,1-4H3,(H,21,23);1H. The van der Waals surface area contributed by atoms with Crippen LogP contribution < -0.4 is 10.2 Å². The molecule has 1 aromatic heterocycles. The van der Waals surface area contributed by atoms with Crippen molar-refractivity contribution < 1.29 is 4.74 Å². The van der Waals surface area contributed by atoms with E-state index in [1.807, 2.05) is 6.20 Å². The number of hydrogen-bond donors (Lipinski definition) is 1. The molecule has 0 atom stereocenters. The molecule has 1 fully saturated rings. The summed E-state index contributed by atoms with van der Waals surface area (Å²) in [5.74, 6) is 2.75. The van der Waals surface area contributed by atoms with Gasteiger partial charge in [-0.15, -0.1) is 24.0 Å². The maximum absolute atomic E-state index is 5.74. The molecule has 0 bridgehead atoms. The summed E-state index contributed by atoms with van der Waals surface area (Å²) in [4.78, 5) is 13.7. The first-order valence-electron chi connectivity index (χ1n) is 9.94. The zero-order valence-corrected chi connectivity index (χ0v) is 19.6. The van der Waals surface area contributed by atoms with Crippen LogP contribution in [-0.4, -0.2) is 62.3 Å². The maximum Gasteiger partial charge on any atom is 0.194 e. The zero-order valence-electron chi connectivity index (χ0n) is 17.3. The summed E-state index contributed by atoms with van der Waals surface area (Å²) >= 11 is 0. The highest BCUT2D eigenvalue weighted by atomic mass is 127. The Balaban J connectivity index is 0.00000364. The topological polar surface area (TPSA) is 53.0 Å². The van der Waals surface area contributed by atoms with Crippen molar-refractivity contribution in [3.63, 3.8) is 0 Å². The van der Waals surface area contributed by atoms with E-state index in [-0.39, 0.29) is 24.0 Å². The second kappa shape index (κ2) is 13.1. The van der Waals surface area contributed by atoms with Crippen molar-refractivity contribution in [1.29, 1.82) is 0 Å². The molecule has 1 N–H and O–H groups in total. The molecule has 1 saturated carbocycles. The predicted octanol–water partition coefficient (Wildman–Crippen LogP) is 3.37. The fourth-order valence-electron chi connectivity index (χ4n) is 2.72. The van der Waals surface area contributed by atoms with Gasteiger partial charge in [-0.25, -0.2) is 9.98 Å². The van der Waals surface area contributed by atoms with Crippen molar-refractivity contribution in [2.24, 2.45) is 10.9 Å². The predicted molar refractivity (Wildman–Crippen MR) is 124 cm³/mol. The van der Waals surface area contributed by atoms with E-state index in [9.17, 15) is 0 Å². The molecular weight excluding hydrogens is 453 g/mol. The minimum Gasteiger partial charge on any atom is -0.379 e. The first-order valence-corrected chi connectivity index (χ1v) is 9.94. The number of halogens is 1. The lowest BCUT2D eigenvalue weighted by Gasteiger charge is -2.22. The SMILES string of the molecule is CCNC(=NCc1ccc(N(CC)CC)nc1)N(C)CCOCC1CC1.I. The maximum atomic E-state index is 5.74. The number of aliphatic imine (C=N–C) groups is 1. The van der Waals surface area contributed by atoms with Crippen molar-refractivity contribution in [1.82, 2.24) is 15.2 Å². The average molecular weight is 489 g/mol. The van der Waals surface area contributed by atoms with Crippen molar-refractivity contribution in [3.05, 3.63) is 23.9 Å². The molecule has 0 amide bonds. The van der Waals surface area contributed by atoms with E-state index in [0.717, 1.165) is 62.7 Å². The number of ether oxygens (including phenoxy) is 1. The molecule has 1 heterocycles. The van der Waals surface area contributed by atoms with Gasteiger partial charge in [0, 0.05) is 46.0 Å². The number of nitrogens with zero attached hydrogens (tertiary/aromatic N) is 4. The lowest BCUT2D eigenvalue weighted by atomic mass is 10.3. The van der Waals surface area contributed by atoms with Crippen molar-refractivity contribution in [3.8, 4) is 0 Å². The Morgan fingerprint density at radius 1 is 1.26 bits per heavy atom. The minimum absolute atomic E-state index is 0. The van der Waals surface area contributed by atoms with E-state index in [4.69, 9.17) is 9.73 Å². The van der Waals surface area contributed by atoms with Crippen LogP contribution in [0.3, 0.4) is 0 Å². The first kappa shape index (κ1) is 23.9. The van der Waals surface area contributed by atoms with Crippen LogP contribution >= 0.6 is 24.0 Å². The van der Waals surface area contributed by atoms with E-state index < -0.39 is 0 Å². The fraction of sp³-hybridized carbons (Fsp3) is 0.700. The van der Waals surface area contributed by atoms with Gasteiger partial charge < -0.3 is 19.9 Å². The number of nitrogens with one attached hydrogen (secondary N) is 1. The minimum atomic E-state index is 0. The van der Waals surface area contributed by atoms with E-state index in [0.29, 0.717) is 6.54 Å². The zero-order chi connectivity index (χ0) is 18.8. The first-order chi connectivity index (χ1) is 12.7. The lowest BCUT2D eigenvalue weighted by Crippen LogP contribution is -2.40. The Hall–Kier alpha value is -1.09. The Kier molecular flexibility index (Phi) is 11.7. The van der Waals surface area contributed by atoms with Gasteiger partial charge in [0.2, 0.25) is 0 Å².